The second-order valence-electron chi connectivity index (χ2n) is 4.24. The van der Waals surface area contributed by atoms with Crippen molar-refractivity contribution in [2.75, 3.05) is 14.1 Å². The van der Waals surface area contributed by atoms with Gasteiger partial charge in [-0.05, 0) is 30.0 Å². The third kappa shape index (κ3) is 2.23. The molecule has 3 heteroatoms. The van der Waals surface area contributed by atoms with Crippen LogP contribution in [-0.4, -0.2) is 24.9 Å². The molecule has 15 heavy (non-hydrogen) atoms. The molecule has 0 aliphatic heterocycles. The molecule has 0 N–H and O–H groups in total. The average Bonchev–Trinajstić information content (AvgIpc) is 2.96. The summed E-state index contributed by atoms with van der Waals surface area (Å²) < 4.78 is 1.09. The fourth-order valence-corrected chi connectivity index (χ4v) is 2.32. The highest BCUT2D eigenvalue weighted by Gasteiger charge is 2.44. The number of hydrogen-bond donors (Lipinski definition) is 0. The fraction of sp³-hybridized carbons (Fsp3) is 0.417. The maximum atomic E-state index is 11.7. The Balaban J connectivity index is 2.08. The van der Waals surface area contributed by atoms with E-state index in [1.807, 2.05) is 26.2 Å². The summed E-state index contributed by atoms with van der Waals surface area (Å²) in [6, 6.07) is 8.23. The van der Waals surface area contributed by atoms with Crippen molar-refractivity contribution in [3.05, 3.63) is 34.3 Å². The number of carbonyl (C=O) groups is 1. The van der Waals surface area contributed by atoms with Crippen LogP contribution in [0.1, 0.15) is 17.9 Å². The molecule has 0 heterocycles. The summed E-state index contributed by atoms with van der Waals surface area (Å²) in [4.78, 5) is 13.4. The molecule has 1 aromatic carbocycles. The Bertz CT molecular complexity index is 389. The maximum absolute atomic E-state index is 11.7. The molecular formula is C12H14BrNO. The maximum Gasteiger partial charge on any atom is 0.225 e. The zero-order valence-electron chi connectivity index (χ0n) is 8.90. The van der Waals surface area contributed by atoms with E-state index >= 15 is 0 Å². The number of halogens is 1. The van der Waals surface area contributed by atoms with Crippen molar-refractivity contribution in [2.45, 2.75) is 12.3 Å². The molecule has 0 spiro atoms. The van der Waals surface area contributed by atoms with Gasteiger partial charge in [0.1, 0.15) is 0 Å². The van der Waals surface area contributed by atoms with Gasteiger partial charge < -0.3 is 4.90 Å². The monoisotopic (exact) mass is 267 g/mol. The zero-order chi connectivity index (χ0) is 11.0. The summed E-state index contributed by atoms with van der Waals surface area (Å²) in [6.45, 7) is 0. The lowest BCUT2D eigenvalue weighted by Gasteiger charge is -2.09. The molecule has 0 bridgehead atoms. The molecule has 1 amide bonds. The molecule has 2 nitrogen and oxygen atoms in total. The fourth-order valence-electron chi connectivity index (χ4n) is 1.91. The van der Waals surface area contributed by atoms with Gasteiger partial charge in [-0.3, -0.25) is 4.79 Å². The van der Waals surface area contributed by atoms with Crippen LogP contribution in [0, 0.1) is 5.92 Å². The largest absolute Gasteiger partial charge is 0.349 e. The molecule has 0 unspecified atom stereocenters. The summed E-state index contributed by atoms with van der Waals surface area (Å²) in [6.07, 6.45) is 0.994. The van der Waals surface area contributed by atoms with Gasteiger partial charge in [-0.15, -0.1) is 0 Å². The molecule has 80 valence electrons. The van der Waals surface area contributed by atoms with E-state index in [1.54, 1.807) is 4.90 Å². The number of nitrogens with zero attached hydrogens (tertiary/aromatic N) is 1. The number of rotatable bonds is 2. The van der Waals surface area contributed by atoms with E-state index in [4.69, 9.17) is 0 Å². The lowest BCUT2D eigenvalue weighted by Crippen LogP contribution is -2.23. The minimum absolute atomic E-state index is 0.203. The van der Waals surface area contributed by atoms with Crippen molar-refractivity contribution < 1.29 is 4.79 Å². The second-order valence-corrected chi connectivity index (χ2v) is 5.15. The van der Waals surface area contributed by atoms with Crippen LogP contribution in [0.5, 0.6) is 0 Å². The van der Waals surface area contributed by atoms with E-state index in [1.165, 1.54) is 5.56 Å². The van der Waals surface area contributed by atoms with E-state index in [9.17, 15) is 4.79 Å². The Hall–Kier alpha value is -0.830. The van der Waals surface area contributed by atoms with Gasteiger partial charge >= 0.3 is 0 Å². The van der Waals surface area contributed by atoms with Gasteiger partial charge in [0.2, 0.25) is 5.91 Å². The van der Waals surface area contributed by atoms with Crippen LogP contribution in [0.15, 0.2) is 28.7 Å². The van der Waals surface area contributed by atoms with Crippen LogP contribution in [0.25, 0.3) is 0 Å². The quantitative estimate of drug-likeness (QED) is 0.807. The average molecular weight is 268 g/mol. The van der Waals surface area contributed by atoms with Gasteiger partial charge in [0.05, 0.1) is 0 Å². The summed E-state index contributed by atoms with van der Waals surface area (Å²) in [5.74, 6) is 0.881. The summed E-state index contributed by atoms with van der Waals surface area (Å²) in [5, 5.41) is 0. The first-order valence-corrected chi connectivity index (χ1v) is 5.85. The smallest absolute Gasteiger partial charge is 0.225 e. The Morgan fingerprint density at radius 3 is 2.80 bits per heavy atom. The molecule has 1 saturated carbocycles. The lowest BCUT2D eigenvalue weighted by molar-refractivity contribution is -0.130. The Kier molecular flexibility index (Phi) is 2.83. The van der Waals surface area contributed by atoms with Gasteiger partial charge in [0.15, 0.2) is 0 Å². The topological polar surface area (TPSA) is 20.3 Å². The van der Waals surface area contributed by atoms with Crippen LogP contribution in [0.2, 0.25) is 0 Å². The molecule has 2 atom stereocenters. The first-order valence-electron chi connectivity index (χ1n) is 5.06. The molecule has 0 radical (unpaired) electrons. The molecule has 1 fully saturated rings. The highest BCUT2D eigenvalue weighted by Crippen LogP contribution is 2.48. The van der Waals surface area contributed by atoms with E-state index in [-0.39, 0.29) is 11.8 Å². The van der Waals surface area contributed by atoms with Gasteiger partial charge in [-0.2, -0.15) is 0 Å². The standard InChI is InChI=1S/C12H14BrNO/c1-14(2)12(15)11-7-10(11)8-4-3-5-9(13)6-8/h3-6,10-11H,7H2,1-2H3/t10-,11+/m1/s1. The van der Waals surface area contributed by atoms with Crippen molar-refractivity contribution in [3.8, 4) is 0 Å². The van der Waals surface area contributed by atoms with Crippen molar-refractivity contribution >= 4 is 21.8 Å². The summed E-state index contributed by atoms with van der Waals surface area (Å²) in [5.41, 5.74) is 1.27. The van der Waals surface area contributed by atoms with Crippen LogP contribution in [-0.2, 0) is 4.79 Å². The first kappa shape index (κ1) is 10.7. The van der Waals surface area contributed by atoms with Crippen molar-refractivity contribution in [1.29, 1.82) is 0 Å². The van der Waals surface area contributed by atoms with Crippen molar-refractivity contribution in [2.24, 2.45) is 5.92 Å². The number of carbonyl (C=O) groups excluding carboxylic acids is 1. The third-order valence-corrected chi connectivity index (χ3v) is 3.32. The summed E-state index contributed by atoms with van der Waals surface area (Å²) >= 11 is 3.45. The molecule has 1 aromatic rings. The van der Waals surface area contributed by atoms with Crippen LogP contribution in [0.3, 0.4) is 0 Å². The normalized spacial score (nSPS) is 23.7. The Morgan fingerprint density at radius 1 is 1.47 bits per heavy atom. The molecule has 1 aliphatic carbocycles. The SMILES string of the molecule is CN(C)C(=O)[C@H]1C[C@@H]1c1cccc(Br)c1. The highest BCUT2D eigenvalue weighted by molar-refractivity contribution is 9.10. The van der Waals surface area contributed by atoms with Crippen molar-refractivity contribution in [3.63, 3.8) is 0 Å². The third-order valence-electron chi connectivity index (χ3n) is 2.83. The van der Waals surface area contributed by atoms with E-state index < -0.39 is 0 Å². The Morgan fingerprint density at radius 2 is 2.20 bits per heavy atom. The second kappa shape index (κ2) is 3.97. The van der Waals surface area contributed by atoms with Gasteiger partial charge in [-0.1, -0.05) is 28.1 Å². The van der Waals surface area contributed by atoms with Gasteiger partial charge in [0, 0.05) is 24.5 Å². The number of benzene rings is 1. The van der Waals surface area contributed by atoms with Crippen molar-refractivity contribution in [1.82, 2.24) is 4.90 Å². The number of amides is 1. The summed E-state index contributed by atoms with van der Waals surface area (Å²) in [7, 11) is 3.64. The minimum Gasteiger partial charge on any atom is -0.349 e. The van der Waals surface area contributed by atoms with Crippen LogP contribution >= 0.6 is 15.9 Å². The molecule has 2 rings (SSSR count). The minimum atomic E-state index is 0.203. The molecular weight excluding hydrogens is 254 g/mol. The van der Waals surface area contributed by atoms with Gasteiger partial charge in [0.25, 0.3) is 0 Å². The van der Waals surface area contributed by atoms with Crippen LogP contribution < -0.4 is 0 Å². The highest BCUT2D eigenvalue weighted by atomic mass is 79.9. The molecule has 0 saturated heterocycles. The van der Waals surface area contributed by atoms with E-state index in [0.29, 0.717) is 5.92 Å². The van der Waals surface area contributed by atoms with Gasteiger partial charge in [-0.25, -0.2) is 0 Å². The van der Waals surface area contributed by atoms with E-state index in [0.717, 1.165) is 10.9 Å². The molecule has 0 aromatic heterocycles. The van der Waals surface area contributed by atoms with E-state index in [2.05, 4.69) is 28.1 Å². The predicted octanol–water partition coefficient (Wildman–Crippen LogP) is 2.64. The van der Waals surface area contributed by atoms with Crippen LogP contribution in [0.4, 0.5) is 0 Å². The Labute approximate surface area is 98.4 Å². The lowest BCUT2D eigenvalue weighted by atomic mass is 10.1. The zero-order valence-corrected chi connectivity index (χ0v) is 10.5. The molecule has 1 aliphatic rings. The first-order chi connectivity index (χ1) is 7.09. The number of hydrogen-bond acceptors (Lipinski definition) is 1. The predicted molar refractivity (Wildman–Crippen MR) is 63.7 cm³/mol.